The van der Waals surface area contributed by atoms with Crippen LogP contribution < -0.4 is 10.6 Å². The number of carbonyl (C=O) groups excluding carboxylic acids is 2. The van der Waals surface area contributed by atoms with Crippen LogP contribution in [0, 0.1) is 0 Å². The standard InChI is InChI=1S/C32H35N5O6S/c1-37-20-33-36-32(37)44-19-26-17-28(23-13-11-22(18-38)12-14-23)43-30(42-26)24-9-6-10-25(16-24)34-31(40)35-27(29(39)41-2)15-21-7-4-3-5-8-21/h3-14,16,20,26-28,30,38H,15,17-19H2,1-2H3,(H2,34,35,40)/t26-,27+,28+,30+/m1/s1. The molecule has 1 saturated heterocycles. The van der Waals surface area contributed by atoms with E-state index in [2.05, 4.69) is 20.8 Å². The van der Waals surface area contributed by atoms with Crippen molar-refractivity contribution in [3.8, 4) is 0 Å². The van der Waals surface area contributed by atoms with Gasteiger partial charge >= 0.3 is 12.0 Å². The summed E-state index contributed by atoms with van der Waals surface area (Å²) in [5, 5.41) is 23.9. The number of nitrogens with zero attached hydrogens (tertiary/aromatic N) is 3. The number of aromatic nitrogens is 3. The first kappa shape index (κ1) is 31.2. The van der Waals surface area contributed by atoms with Gasteiger partial charge in [-0.15, -0.1) is 10.2 Å². The summed E-state index contributed by atoms with van der Waals surface area (Å²) in [6.45, 7) is -0.0332. The highest BCUT2D eigenvalue weighted by Gasteiger charge is 2.33. The molecule has 0 unspecified atom stereocenters. The van der Waals surface area contributed by atoms with Gasteiger partial charge in [0, 0.05) is 36.9 Å². The highest BCUT2D eigenvalue weighted by Crippen LogP contribution is 2.39. The number of thioether (sulfide) groups is 1. The Kier molecular flexibility index (Phi) is 10.6. The predicted octanol–water partition coefficient (Wildman–Crippen LogP) is 4.55. The van der Waals surface area contributed by atoms with Crippen LogP contribution in [-0.4, -0.2) is 56.9 Å². The smallest absolute Gasteiger partial charge is 0.328 e. The van der Waals surface area contributed by atoms with E-state index in [-0.39, 0.29) is 18.8 Å². The molecule has 44 heavy (non-hydrogen) atoms. The van der Waals surface area contributed by atoms with E-state index in [1.165, 1.54) is 7.11 Å². The molecule has 4 aromatic rings. The molecule has 2 heterocycles. The zero-order valence-electron chi connectivity index (χ0n) is 24.5. The van der Waals surface area contributed by atoms with Gasteiger partial charge in [-0.1, -0.05) is 78.5 Å². The summed E-state index contributed by atoms with van der Waals surface area (Å²) in [7, 11) is 3.19. The lowest BCUT2D eigenvalue weighted by Gasteiger charge is -2.36. The Morgan fingerprint density at radius 1 is 1.05 bits per heavy atom. The van der Waals surface area contributed by atoms with Gasteiger partial charge in [-0.2, -0.15) is 0 Å². The predicted molar refractivity (Wildman–Crippen MR) is 165 cm³/mol. The van der Waals surface area contributed by atoms with Gasteiger partial charge in [-0.3, -0.25) is 0 Å². The zero-order chi connectivity index (χ0) is 30.9. The Hall–Kier alpha value is -4.23. The molecule has 11 nitrogen and oxygen atoms in total. The third-order valence-corrected chi connectivity index (χ3v) is 8.34. The third-order valence-electron chi connectivity index (χ3n) is 7.17. The molecule has 4 atom stereocenters. The molecule has 1 fully saturated rings. The number of anilines is 1. The quantitative estimate of drug-likeness (QED) is 0.164. The van der Waals surface area contributed by atoms with Crippen molar-refractivity contribution >= 4 is 29.4 Å². The summed E-state index contributed by atoms with van der Waals surface area (Å²) in [5.41, 5.74) is 3.92. The van der Waals surface area contributed by atoms with Crippen LogP contribution in [0.5, 0.6) is 0 Å². The van der Waals surface area contributed by atoms with E-state index in [9.17, 15) is 14.7 Å². The lowest BCUT2D eigenvalue weighted by Crippen LogP contribution is -2.45. The Morgan fingerprint density at radius 2 is 1.84 bits per heavy atom. The molecule has 0 radical (unpaired) electrons. The minimum Gasteiger partial charge on any atom is -0.467 e. The first-order valence-electron chi connectivity index (χ1n) is 14.2. The van der Waals surface area contributed by atoms with Crippen molar-refractivity contribution in [2.24, 2.45) is 7.05 Å². The van der Waals surface area contributed by atoms with Gasteiger partial charge in [0.1, 0.15) is 12.4 Å². The number of aryl methyl sites for hydroxylation is 1. The fourth-order valence-electron chi connectivity index (χ4n) is 4.87. The molecular formula is C32H35N5O6S. The van der Waals surface area contributed by atoms with Gasteiger partial charge in [-0.05, 0) is 28.8 Å². The molecule has 3 N–H and O–H groups in total. The number of rotatable bonds is 11. The molecule has 0 aliphatic carbocycles. The van der Waals surface area contributed by atoms with Crippen molar-refractivity contribution in [3.63, 3.8) is 0 Å². The Morgan fingerprint density at radius 3 is 2.55 bits per heavy atom. The summed E-state index contributed by atoms with van der Waals surface area (Å²) in [4.78, 5) is 25.4. The molecule has 2 amide bonds. The van der Waals surface area contributed by atoms with E-state index in [4.69, 9.17) is 14.2 Å². The number of methoxy groups -OCH3 is 1. The molecule has 5 rings (SSSR count). The van der Waals surface area contributed by atoms with Crippen molar-refractivity contribution in [2.45, 2.75) is 49.1 Å². The van der Waals surface area contributed by atoms with Crippen molar-refractivity contribution < 1.29 is 28.9 Å². The van der Waals surface area contributed by atoms with Crippen molar-refractivity contribution in [2.75, 3.05) is 18.2 Å². The number of esters is 1. The lowest BCUT2D eigenvalue weighted by atomic mass is 10.0. The minimum atomic E-state index is -0.860. The summed E-state index contributed by atoms with van der Waals surface area (Å²) < 4.78 is 19.6. The Labute approximate surface area is 259 Å². The van der Waals surface area contributed by atoms with Crippen LogP contribution >= 0.6 is 11.8 Å². The molecule has 0 spiro atoms. The van der Waals surface area contributed by atoms with Crippen LogP contribution in [0.25, 0.3) is 0 Å². The van der Waals surface area contributed by atoms with Gasteiger partial charge in [0.05, 0.1) is 25.9 Å². The SMILES string of the molecule is COC(=O)[C@H](Cc1ccccc1)NC(=O)Nc1cccc([C@H]2O[C@@H](CSc3nncn3C)C[C@@H](c3ccc(CO)cc3)O2)c1. The van der Waals surface area contributed by atoms with Crippen LogP contribution in [0.4, 0.5) is 10.5 Å². The molecule has 230 valence electrons. The number of ether oxygens (including phenoxy) is 3. The Balaban J connectivity index is 1.29. The number of amides is 2. The topological polar surface area (TPSA) is 137 Å². The first-order valence-corrected chi connectivity index (χ1v) is 15.2. The van der Waals surface area contributed by atoms with Crippen LogP contribution in [0.1, 0.15) is 41.1 Å². The van der Waals surface area contributed by atoms with E-state index in [0.29, 0.717) is 24.3 Å². The monoisotopic (exact) mass is 617 g/mol. The van der Waals surface area contributed by atoms with Crippen molar-refractivity contribution in [1.29, 1.82) is 0 Å². The number of aliphatic hydroxyl groups is 1. The minimum absolute atomic E-state index is 0.0332. The largest absolute Gasteiger partial charge is 0.467 e. The number of urea groups is 1. The van der Waals surface area contributed by atoms with Crippen molar-refractivity contribution in [3.05, 3.63) is 107 Å². The number of nitrogens with one attached hydrogen (secondary N) is 2. The van der Waals surface area contributed by atoms with E-state index < -0.39 is 24.3 Å². The van der Waals surface area contributed by atoms with Gasteiger partial charge in [-0.25, -0.2) is 9.59 Å². The highest BCUT2D eigenvalue weighted by atomic mass is 32.2. The van der Waals surface area contributed by atoms with E-state index in [0.717, 1.165) is 27.4 Å². The summed E-state index contributed by atoms with van der Waals surface area (Å²) in [6.07, 6.45) is 1.44. The number of benzene rings is 3. The summed E-state index contributed by atoms with van der Waals surface area (Å²) in [5.74, 6) is 0.0962. The van der Waals surface area contributed by atoms with Gasteiger partial charge < -0.3 is 34.5 Å². The molecular weight excluding hydrogens is 582 g/mol. The van der Waals surface area contributed by atoms with Crippen LogP contribution in [0.2, 0.25) is 0 Å². The van der Waals surface area contributed by atoms with Crippen LogP contribution in [0.3, 0.4) is 0 Å². The molecule has 1 aromatic heterocycles. The number of hydrogen-bond acceptors (Lipinski definition) is 9. The highest BCUT2D eigenvalue weighted by molar-refractivity contribution is 7.99. The fraction of sp³-hybridized carbons (Fsp3) is 0.312. The van der Waals surface area contributed by atoms with Gasteiger partial charge in [0.2, 0.25) is 0 Å². The molecule has 12 heteroatoms. The number of hydrogen-bond donors (Lipinski definition) is 3. The second kappa shape index (κ2) is 15.0. The first-order chi connectivity index (χ1) is 21.4. The second-order valence-corrected chi connectivity index (χ2v) is 11.4. The summed E-state index contributed by atoms with van der Waals surface area (Å²) >= 11 is 1.56. The van der Waals surface area contributed by atoms with Gasteiger partial charge in [0.25, 0.3) is 0 Å². The summed E-state index contributed by atoms with van der Waals surface area (Å²) in [6, 6.07) is 22.9. The van der Waals surface area contributed by atoms with E-state index in [1.807, 2.05) is 78.3 Å². The van der Waals surface area contributed by atoms with Crippen molar-refractivity contribution in [1.82, 2.24) is 20.1 Å². The second-order valence-electron chi connectivity index (χ2n) is 10.4. The lowest BCUT2D eigenvalue weighted by molar-refractivity contribution is -0.245. The zero-order valence-corrected chi connectivity index (χ0v) is 25.3. The van der Waals surface area contributed by atoms with Crippen LogP contribution in [-0.2, 0) is 39.1 Å². The third kappa shape index (κ3) is 8.23. The molecule has 0 saturated carbocycles. The van der Waals surface area contributed by atoms with Gasteiger partial charge in [0.15, 0.2) is 11.4 Å². The molecule has 1 aliphatic heterocycles. The maximum absolute atomic E-state index is 13.0. The number of aliphatic hydroxyl groups excluding tert-OH is 1. The average molecular weight is 618 g/mol. The van der Waals surface area contributed by atoms with E-state index >= 15 is 0 Å². The van der Waals surface area contributed by atoms with E-state index in [1.54, 1.807) is 30.2 Å². The normalized spacial score (nSPS) is 18.8. The van der Waals surface area contributed by atoms with Crippen LogP contribution in [0.15, 0.2) is 90.3 Å². The molecule has 3 aromatic carbocycles. The number of carbonyl (C=O) groups is 2. The Bertz CT molecular complexity index is 1530. The average Bonchev–Trinajstić information content (AvgIpc) is 3.47. The molecule has 0 bridgehead atoms. The maximum Gasteiger partial charge on any atom is 0.328 e. The molecule has 1 aliphatic rings. The maximum atomic E-state index is 13.0. The fourth-order valence-corrected chi connectivity index (χ4v) is 5.77.